The Balaban J connectivity index is 2.13. The van der Waals surface area contributed by atoms with Gasteiger partial charge in [0.25, 0.3) is 0 Å². The van der Waals surface area contributed by atoms with E-state index in [9.17, 15) is 9.90 Å². The van der Waals surface area contributed by atoms with Crippen molar-refractivity contribution in [2.24, 2.45) is 0 Å². The first-order valence-corrected chi connectivity index (χ1v) is 7.24. The van der Waals surface area contributed by atoms with Crippen LogP contribution in [0.5, 0.6) is 0 Å². The van der Waals surface area contributed by atoms with Crippen molar-refractivity contribution in [3.63, 3.8) is 0 Å². The van der Waals surface area contributed by atoms with Crippen molar-refractivity contribution in [1.29, 1.82) is 0 Å². The number of carbonyl (C=O) groups excluding carboxylic acids is 1. The lowest BCUT2D eigenvalue weighted by atomic mass is 9.75. The minimum absolute atomic E-state index is 0.0142. The van der Waals surface area contributed by atoms with Crippen LogP contribution in [0.25, 0.3) is 0 Å². The molecule has 1 atom stereocenters. The van der Waals surface area contributed by atoms with E-state index in [0.29, 0.717) is 13.2 Å². The summed E-state index contributed by atoms with van der Waals surface area (Å²) in [7, 11) is 0. The number of hydrogen-bond acceptors (Lipinski definition) is 3. The highest BCUT2D eigenvalue weighted by Gasteiger charge is 2.38. The molecule has 0 spiro atoms. The molecule has 1 amide bonds. The van der Waals surface area contributed by atoms with Crippen LogP contribution in [-0.4, -0.2) is 48.8 Å². The van der Waals surface area contributed by atoms with Crippen LogP contribution in [-0.2, 0) is 14.9 Å². The molecule has 0 bridgehead atoms. The number of rotatable bonds is 5. The van der Waals surface area contributed by atoms with Crippen LogP contribution in [0.2, 0.25) is 0 Å². The predicted octanol–water partition coefficient (Wildman–Crippen LogP) is 1.58. The van der Waals surface area contributed by atoms with Crippen molar-refractivity contribution in [2.45, 2.75) is 25.2 Å². The maximum absolute atomic E-state index is 12.1. The minimum Gasteiger partial charge on any atom is -0.395 e. The number of likely N-dealkylation sites (tertiary alicyclic amines) is 1. The fraction of sp³-hybridized carbons (Fsp3) is 0.562. The average Bonchev–Trinajstić information content (AvgIpc) is 2.53. The van der Waals surface area contributed by atoms with Gasteiger partial charge in [-0.2, -0.15) is 0 Å². The summed E-state index contributed by atoms with van der Waals surface area (Å²) in [5.74, 6) is 0.0142. The van der Waals surface area contributed by atoms with E-state index in [0.717, 1.165) is 24.9 Å². The third-order valence-corrected chi connectivity index (χ3v) is 4.05. The molecule has 0 aliphatic carbocycles. The van der Waals surface area contributed by atoms with E-state index < -0.39 is 0 Å². The summed E-state index contributed by atoms with van der Waals surface area (Å²) in [6.45, 7) is 3.94. The quantitative estimate of drug-likeness (QED) is 0.889. The Kier molecular flexibility index (Phi) is 5.15. The van der Waals surface area contributed by atoms with Crippen LogP contribution in [0.15, 0.2) is 30.3 Å². The molecule has 1 fully saturated rings. The minimum atomic E-state index is -0.332. The lowest BCUT2D eigenvalue weighted by molar-refractivity contribution is -0.138. The molecule has 110 valence electrons. The maximum atomic E-state index is 12.1. The first kappa shape index (κ1) is 15.0. The monoisotopic (exact) mass is 277 g/mol. The second-order valence-corrected chi connectivity index (χ2v) is 5.36. The van der Waals surface area contributed by atoms with Crippen LogP contribution in [0, 0.1) is 0 Å². The number of piperidine rings is 1. The van der Waals surface area contributed by atoms with E-state index in [1.54, 1.807) is 0 Å². The zero-order chi connectivity index (χ0) is 14.4. The summed E-state index contributed by atoms with van der Waals surface area (Å²) >= 11 is 0. The zero-order valence-corrected chi connectivity index (χ0v) is 12.0. The summed E-state index contributed by atoms with van der Waals surface area (Å²) in [6, 6.07) is 10.00. The van der Waals surface area contributed by atoms with E-state index in [1.165, 1.54) is 0 Å². The molecule has 1 saturated heterocycles. The Morgan fingerprint density at radius 2 is 2.15 bits per heavy atom. The van der Waals surface area contributed by atoms with E-state index in [-0.39, 0.29) is 24.5 Å². The van der Waals surface area contributed by atoms with Gasteiger partial charge in [-0.05, 0) is 25.3 Å². The average molecular weight is 277 g/mol. The van der Waals surface area contributed by atoms with Crippen LogP contribution in [0.3, 0.4) is 0 Å². The smallest absolute Gasteiger partial charge is 0.248 e. The molecule has 1 aromatic carbocycles. The largest absolute Gasteiger partial charge is 0.395 e. The summed E-state index contributed by atoms with van der Waals surface area (Å²) in [5.41, 5.74) is 0.776. The van der Waals surface area contributed by atoms with Crippen molar-refractivity contribution >= 4 is 5.91 Å². The Labute approximate surface area is 120 Å². The summed E-state index contributed by atoms with van der Waals surface area (Å²) in [6.07, 6.45) is 1.82. The van der Waals surface area contributed by atoms with E-state index in [2.05, 4.69) is 0 Å². The number of aliphatic hydroxyl groups excluding tert-OH is 1. The molecule has 4 nitrogen and oxygen atoms in total. The SMILES string of the molecule is CCOCC(=O)N1CCC[C@@](CO)(c2ccccc2)C1. The molecule has 1 heterocycles. The standard InChI is InChI=1S/C16H23NO3/c1-2-20-11-15(19)17-10-6-9-16(12-17,13-18)14-7-4-3-5-8-14/h3-5,7-8,18H,2,6,9-13H2,1H3/t16-/m1/s1. The molecular weight excluding hydrogens is 254 g/mol. The Morgan fingerprint density at radius 1 is 1.40 bits per heavy atom. The van der Waals surface area contributed by atoms with E-state index in [1.807, 2.05) is 42.2 Å². The van der Waals surface area contributed by atoms with E-state index in [4.69, 9.17) is 4.74 Å². The van der Waals surface area contributed by atoms with Gasteiger partial charge in [-0.25, -0.2) is 0 Å². The van der Waals surface area contributed by atoms with Crippen LogP contribution >= 0.6 is 0 Å². The zero-order valence-electron chi connectivity index (χ0n) is 12.0. The number of amides is 1. The van der Waals surface area contributed by atoms with Crippen LogP contribution in [0.1, 0.15) is 25.3 Å². The second-order valence-electron chi connectivity index (χ2n) is 5.36. The molecule has 0 radical (unpaired) electrons. The number of benzene rings is 1. The van der Waals surface area contributed by atoms with Gasteiger partial charge in [0.2, 0.25) is 5.91 Å². The molecule has 1 aromatic rings. The predicted molar refractivity (Wildman–Crippen MR) is 77.5 cm³/mol. The fourth-order valence-corrected chi connectivity index (χ4v) is 2.87. The van der Waals surface area contributed by atoms with Gasteiger partial charge in [0.05, 0.1) is 6.61 Å². The highest BCUT2D eigenvalue weighted by molar-refractivity contribution is 5.77. The summed E-state index contributed by atoms with van der Waals surface area (Å²) in [4.78, 5) is 13.9. The van der Waals surface area contributed by atoms with Gasteiger partial charge in [0.15, 0.2) is 0 Å². The van der Waals surface area contributed by atoms with Gasteiger partial charge >= 0.3 is 0 Å². The molecule has 1 aliphatic rings. The molecule has 0 unspecified atom stereocenters. The lowest BCUT2D eigenvalue weighted by Crippen LogP contribution is -2.51. The van der Waals surface area contributed by atoms with Crippen molar-refractivity contribution in [2.75, 3.05) is 32.9 Å². The third-order valence-electron chi connectivity index (χ3n) is 4.05. The lowest BCUT2D eigenvalue weighted by Gasteiger charge is -2.42. The van der Waals surface area contributed by atoms with Gasteiger partial charge < -0.3 is 14.7 Å². The highest BCUT2D eigenvalue weighted by atomic mass is 16.5. The number of aliphatic hydroxyl groups is 1. The highest BCUT2D eigenvalue weighted by Crippen LogP contribution is 2.33. The van der Waals surface area contributed by atoms with Gasteiger partial charge in [-0.3, -0.25) is 4.79 Å². The first-order valence-electron chi connectivity index (χ1n) is 7.24. The summed E-state index contributed by atoms with van der Waals surface area (Å²) < 4.78 is 5.20. The van der Waals surface area contributed by atoms with Gasteiger partial charge in [0.1, 0.15) is 6.61 Å². The number of carbonyl (C=O) groups is 1. The number of ether oxygens (including phenoxy) is 1. The van der Waals surface area contributed by atoms with Crippen molar-refractivity contribution in [3.05, 3.63) is 35.9 Å². The molecule has 2 rings (SSSR count). The topological polar surface area (TPSA) is 49.8 Å². The molecular formula is C16H23NO3. The molecule has 1 aliphatic heterocycles. The van der Waals surface area contributed by atoms with Crippen LogP contribution < -0.4 is 0 Å². The van der Waals surface area contributed by atoms with Gasteiger partial charge in [-0.15, -0.1) is 0 Å². The molecule has 20 heavy (non-hydrogen) atoms. The van der Waals surface area contributed by atoms with Crippen molar-refractivity contribution in [3.8, 4) is 0 Å². The Morgan fingerprint density at radius 3 is 2.80 bits per heavy atom. The molecule has 1 N–H and O–H groups in total. The second kappa shape index (κ2) is 6.86. The maximum Gasteiger partial charge on any atom is 0.248 e. The van der Waals surface area contributed by atoms with Gasteiger partial charge in [-0.1, -0.05) is 30.3 Å². The third kappa shape index (κ3) is 3.19. The van der Waals surface area contributed by atoms with Crippen molar-refractivity contribution < 1.29 is 14.6 Å². The number of nitrogens with zero attached hydrogens (tertiary/aromatic N) is 1. The normalized spacial score (nSPS) is 22.8. The number of hydrogen-bond donors (Lipinski definition) is 1. The van der Waals surface area contributed by atoms with Gasteiger partial charge in [0, 0.05) is 25.1 Å². The van der Waals surface area contributed by atoms with E-state index >= 15 is 0 Å². The molecule has 4 heteroatoms. The van der Waals surface area contributed by atoms with Crippen molar-refractivity contribution in [1.82, 2.24) is 4.90 Å². The molecule has 0 saturated carbocycles. The first-order chi connectivity index (χ1) is 9.72. The Bertz CT molecular complexity index is 435. The molecule has 0 aromatic heterocycles. The summed E-state index contributed by atoms with van der Waals surface area (Å²) in [5, 5.41) is 9.90. The van der Waals surface area contributed by atoms with Crippen LogP contribution in [0.4, 0.5) is 0 Å². The Hall–Kier alpha value is -1.39. The fourth-order valence-electron chi connectivity index (χ4n) is 2.87.